The Kier molecular flexibility index (Phi) is 4.76. The van der Waals surface area contributed by atoms with Gasteiger partial charge in [0.05, 0.1) is 11.5 Å². The third-order valence-corrected chi connectivity index (χ3v) is 5.05. The van der Waals surface area contributed by atoms with E-state index in [2.05, 4.69) is 0 Å². The van der Waals surface area contributed by atoms with Gasteiger partial charge in [-0.2, -0.15) is 0 Å². The van der Waals surface area contributed by atoms with Crippen molar-refractivity contribution >= 4 is 12.0 Å². The zero-order valence-electron chi connectivity index (χ0n) is 12.9. The SMILES string of the molecule is CCC1(C(=O)O)CCCN(C(=O)N(C)CC2CC(O)C2)C1. The van der Waals surface area contributed by atoms with Crippen LogP contribution in [-0.4, -0.2) is 64.8 Å². The Balaban J connectivity index is 1.93. The minimum Gasteiger partial charge on any atom is -0.481 e. The third-order valence-electron chi connectivity index (χ3n) is 5.05. The Bertz CT molecular complexity index is 408. The number of aliphatic hydroxyl groups is 1. The lowest BCUT2D eigenvalue weighted by molar-refractivity contribution is -0.152. The van der Waals surface area contributed by atoms with Crippen LogP contribution in [0.3, 0.4) is 0 Å². The second-order valence-corrected chi connectivity index (χ2v) is 6.62. The molecule has 2 fully saturated rings. The number of carboxylic acids is 1. The fourth-order valence-corrected chi connectivity index (χ4v) is 3.47. The first kappa shape index (κ1) is 16.1. The number of nitrogens with zero attached hydrogens (tertiary/aromatic N) is 2. The molecule has 120 valence electrons. The van der Waals surface area contributed by atoms with Crippen LogP contribution in [0, 0.1) is 11.3 Å². The molecule has 0 aromatic rings. The van der Waals surface area contributed by atoms with Crippen molar-refractivity contribution in [3.63, 3.8) is 0 Å². The maximum absolute atomic E-state index is 12.5. The summed E-state index contributed by atoms with van der Waals surface area (Å²) in [6, 6.07) is -0.0878. The number of carboxylic acid groups (broad SMARTS) is 1. The van der Waals surface area contributed by atoms with Crippen molar-refractivity contribution in [2.75, 3.05) is 26.7 Å². The van der Waals surface area contributed by atoms with Gasteiger partial charge in [0.15, 0.2) is 0 Å². The summed E-state index contributed by atoms with van der Waals surface area (Å²) in [4.78, 5) is 27.4. The number of aliphatic carboxylic acids is 1. The Morgan fingerprint density at radius 2 is 2.05 bits per heavy atom. The van der Waals surface area contributed by atoms with Crippen LogP contribution in [0.25, 0.3) is 0 Å². The van der Waals surface area contributed by atoms with Gasteiger partial charge in [-0.25, -0.2) is 4.79 Å². The number of urea groups is 1. The molecule has 2 aliphatic rings. The Hall–Kier alpha value is -1.30. The van der Waals surface area contributed by atoms with Gasteiger partial charge < -0.3 is 20.0 Å². The molecule has 2 rings (SSSR count). The molecule has 6 heteroatoms. The van der Waals surface area contributed by atoms with Crippen LogP contribution >= 0.6 is 0 Å². The second-order valence-electron chi connectivity index (χ2n) is 6.62. The van der Waals surface area contributed by atoms with Gasteiger partial charge in [0.25, 0.3) is 0 Å². The molecular formula is C15H26N2O4. The molecule has 1 atom stereocenters. The lowest BCUT2D eigenvalue weighted by Gasteiger charge is -2.42. The Labute approximate surface area is 125 Å². The van der Waals surface area contributed by atoms with E-state index in [1.54, 1.807) is 16.8 Å². The number of hydrogen-bond acceptors (Lipinski definition) is 3. The van der Waals surface area contributed by atoms with E-state index in [1.165, 1.54) is 0 Å². The van der Waals surface area contributed by atoms with Crippen LogP contribution in [0.5, 0.6) is 0 Å². The number of carbonyl (C=O) groups is 2. The van der Waals surface area contributed by atoms with Crippen LogP contribution in [-0.2, 0) is 4.79 Å². The fraction of sp³-hybridized carbons (Fsp3) is 0.867. The summed E-state index contributed by atoms with van der Waals surface area (Å²) in [7, 11) is 1.76. The number of amides is 2. The summed E-state index contributed by atoms with van der Waals surface area (Å²) in [5, 5.41) is 18.8. The van der Waals surface area contributed by atoms with Crippen molar-refractivity contribution in [2.24, 2.45) is 11.3 Å². The van der Waals surface area contributed by atoms with E-state index in [0.717, 1.165) is 19.3 Å². The molecule has 2 N–H and O–H groups in total. The molecule has 0 aromatic carbocycles. The van der Waals surface area contributed by atoms with Gasteiger partial charge in [-0.15, -0.1) is 0 Å². The van der Waals surface area contributed by atoms with Crippen molar-refractivity contribution in [1.82, 2.24) is 9.80 Å². The van der Waals surface area contributed by atoms with Gasteiger partial charge in [0.1, 0.15) is 0 Å². The summed E-state index contributed by atoms with van der Waals surface area (Å²) in [6.45, 7) is 3.45. The lowest BCUT2D eigenvalue weighted by atomic mass is 9.78. The Morgan fingerprint density at radius 1 is 1.38 bits per heavy atom. The minimum absolute atomic E-state index is 0.0878. The van der Waals surface area contributed by atoms with Crippen molar-refractivity contribution < 1.29 is 19.8 Å². The van der Waals surface area contributed by atoms with E-state index in [-0.39, 0.29) is 12.1 Å². The van der Waals surface area contributed by atoms with Gasteiger partial charge in [-0.1, -0.05) is 6.92 Å². The van der Waals surface area contributed by atoms with Crippen LogP contribution in [0.4, 0.5) is 4.79 Å². The smallest absolute Gasteiger partial charge is 0.319 e. The van der Waals surface area contributed by atoms with E-state index >= 15 is 0 Å². The number of carbonyl (C=O) groups excluding carboxylic acids is 1. The summed E-state index contributed by atoms with van der Waals surface area (Å²) in [5.74, 6) is -0.429. The van der Waals surface area contributed by atoms with E-state index in [1.807, 2.05) is 6.92 Å². The minimum atomic E-state index is -0.799. The number of hydrogen-bond donors (Lipinski definition) is 2. The third kappa shape index (κ3) is 3.31. The summed E-state index contributed by atoms with van der Waals surface area (Å²) < 4.78 is 0. The summed E-state index contributed by atoms with van der Waals surface area (Å²) >= 11 is 0. The zero-order chi connectivity index (χ0) is 15.6. The molecule has 1 aliphatic carbocycles. The first-order valence-electron chi connectivity index (χ1n) is 7.79. The highest BCUT2D eigenvalue weighted by atomic mass is 16.4. The van der Waals surface area contributed by atoms with Gasteiger partial charge in [-0.05, 0) is 38.0 Å². The summed E-state index contributed by atoms with van der Waals surface area (Å²) in [6.07, 6.45) is 3.22. The fourth-order valence-electron chi connectivity index (χ4n) is 3.47. The average molecular weight is 298 g/mol. The predicted molar refractivity (Wildman–Crippen MR) is 77.9 cm³/mol. The molecule has 1 saturated heterocycles. The van der Waals surface area contributed by atoms with E-state index < -0.39 is 11.4 Å². The molecule has 0 bridgehead atoms. The highest BCUT2D eigenvalue weighted by Gasteiger charge is 2.42. The highest BCUT2D eigenvalue weighted by Crippen LogP contribution is 2.34. The highest BCUT2D eigenvalue weighted by molar-refractivity contribution is 5.78. The van der Waals surface area contributed by atoms with Gasteiger partial charge >= 0.3 is 12.0 Å². The molecule has 1 unspecified atom stereocenters. The molecule has 21 heavy (non-hydrogen) atoms. The molecule has 0 aromatic heterocycles. The molecule has 1 aliphatic heterocycles. The quantitative estimate of drug-likeness (QED) is 0.821. The molecule has 0 spiro atoms. The molecule has 1 heterocycles. The van der Waals surface area contributed by atoms with Crippen LogP contribution in [0.1, 0.15) is 39.0 Å². The topological polar surface area (TPSA) is 81.1 Å². The first-order valence-corrected chi connectivity index (χ1v) is 7.79. The second kappa shape index (κ2) is 6.22. The van der Waals surface area contributed by atoms with Crippen molar-refractivity contribution in [3.8, 4) is 0 Å². The van der Waals surface area contributed by atoms with Crippen molar-refractivity contribution in [1.29, 1.82) is 0 Å². The largest absolute Gasteiger partial charge is 0.481 e. The van der Waals surface area contributed by atoms with Gasteiger partial charge in [0.2, 0.25) is 0 Å². The number of rotatable bonds is 4. The monoisotopic (exact) mass is 298 g/mol. The Morgan fingerprint density at radius 3 is 2.57 bits per heavy atom. The molecule has 1 saturated carbocycles. The zero-order valence-corrected chi connectivity index (χ0v) is 12.9. The van der Waals surface area contributed by atoms with Crippen LogP contribution in [0.15, 0.2) is 0 Å². The van der Waals surface area contributed by atoms with Gasteiger partial charge in [-0.3, -0.25) is 4.79 Å². The number of aliphatic hydroxyl groups excluding tert-OH is 1. The van der Waals surface area contributed by atoms with E-state index in [0.29, 0.717) is 38.4 Å². The van der Waals surface area contributed by atoms with Crippen molar-refractivity contribution in [2.45, 2.75) is 45.1 Å². The summed E-state index contributed by atoms with van der Waals surface area (Å²) in [5.41, 5.74) is -0.790. The molecule has 0 radical (unpaired) electrons. The number of likely N-dealkylation sites (tertiary alicyclic amines) is 1. The van der Waals surface area contributed by atoms with Crippen molar-refractivity contribution in [3.05, 3.63) is 0 Å². The molecular weight excluding hydrogens is 272 g/mol. The normalized spacial score (nSPS) is 32.4. The maximum Gasteiger partial charge on any atom is 0.319 e. The first-order chi connectivity index (χ1) is 9.88. The van der Waals surface area contributed by atoms with E-state index in [4.69, 9.17) is 0 Å². The molecule has 6 nitrogen and oxygen atoms in total. The van der Waals surface area contributed by atoms with E-state index in [9.17, 15) is 19.8 Å². The maximum atomic E-state index is 12.5. The predicted octanol–water partition coefficient (Wildman–Crippen LogP) is 1.39. The molecule has 2 amide bonds. The van der Waals surface area contributed by atoms with Gasteiger partial charge in [0, 0.05) is 26.7 Å². The standard InChI is InChI=1S/C15H26N2O4/c1-3-15(13(19)20)5-4-6-17(10-15)14(21)16(2)9-11-7-12(18)8-11/h11-12,18H,3-10H2,1-2H3,(H,19,20). The van der Waals surface area contributed by atoms with Crippen LogP contribution < -0.4 is 0 Å². The van der Waals surface area contributed by atoms with Crippen LogP contribution in [0.2, 0.25) is 0 Å². The average Bonchev–Trinajstić information content (AvgIpc) is 2.44. The number of piperidine rings is 1. The lowest BCUT2D eigenvalue weighted by Crippen LogP contribution is -2.53.